The monoisotopic (exact) mass is 636 g/mol. The number of fused-ring (bicyclic) bond motifs is 9. The minimum Gasteiger partial charge on any atom is -0.507 e. The van der Waals surface area contributed by atoms with Crippen molar-refractivity contribution < 1.29 is 52.3 Å². The highest BCUT2D eigenvalue weighted by molar-refractivity contribution is 5.89. The molecule has 2 aromatic carbocycles. The molecule has 0 aromatic heterocycles. The first kappa shape index (κ1) is 31.0. The van der Waals surface area contributed by atoms with Crippen LogP contribution in [-0.4, -0.2) is 95.0 Å². The number of ether oxygens (including phenoxy) is 3. The lowest BCUT2D eigenvalue weighted by molar-refractivity contribution is -0.175. The van der Waals surface area contributed by atoms with Gasteiger partial charge in [-0.1, -0.05) is 6.07 Å². The fraction of sp³-hybridized carbons (Fsp3) is 0.533. The Labute approximate surface area is 256 Å². The molecular formula is C30H35F3N4O8. The summed E-state index contributed by atoms with van der Waals surface area (Å²) in [7, 11) is 3.32. The van der Waals surface area contributed by atoms with Crippen molar-refractivity contribution in [1.29, 1.82) is 0 Å². The Morgan fingerprint density at radius 3 is 2.47 bits per heavy atom. The van der Waals surface area contributed by atoms with Crippen molar-refractivity contribution in [3.8, 4) is 28.7 Å². The van der Waals surface area contributed by atoms with Gasteiger partial charge in [0.05, 0.1) is 25.2 Å². The number of nitrogens with zero attached hydrogens (tertiary/aromatic N) is 2. The Morgan fingerprint density at radius 2 is 1.80 bits per heavy atom. The van der Waals surface area contributed by atoms with Gasteiger partial charge >= 0.3 is 12.1 Å². The van der Waals surface area contributed by atoms with Gasteiger partial charge in [-0.3, -0.25) is 19.4 Å². The molecule has 0 saturated carbocycles. The number of hydrogen-bond acceptors (Lipinski definition) is 10. The zero-order valence-electron chi connectivity index (χ0n) is 25.3. The molecule has 1 saturated heterocycles. The summed E-state index contributed by atoms with van der Waals surface area (Å²) in [5.41, 5.74) is 3.65. The van der Waals surface area contributed by atoms with Gasteiger partial charge in [-0.2, -0.15) is 13.2 Å². The van der Waals surface area contributed by atoms with Gasteiger partial charge in [-0.05, 0) is 51.8 Å². The van der Waals surface area contributed by atoms with E-state index >= 15 is 0 Å². The van der Waals surface area contributed by atoms with Crippen LogP contribution in [0.1, 0.15) is 52.4 Å². The number of benzene rings is 2. The number of aromatic hydroxyl groups is 2. The van der Waals surface area contributed by atoms with Crippen molar-refractivity contribution in [3.63, 3.8) is 0 Å². The summed E-state index contributed by atoms with van der Waals surface area (Å²) in [5, 5.41) is 39.2. The van der Waals surface area contributed by atoms with E-state index in [1.54, 1.807) is 12.2 Å². The Bertz CT molecular complexity index is 1580. The minimum atomic E-state index is -5.16. The summed E-state index contributed by atoms with van der Waals surface area (Å²) in [6.07, 6.45) is -5.67. The number of nitrogens with one attached hydrogen (secondary N) is 2. The average molecular weight is 637 g/mol. The first-order valence-electron chi connectivity index (χ1n) is 14.5. The minimum absolute atomic E-state index is 0.0184. The van der Waals surface area contributed by atoms with Gasteiger partial charge < -0.3 is 40.2 Å². The number of piperazine rings is 1. The predicted molar refractivity (Wildman–Crippen MR) is 151 cm³/mol. The van der Waals surface area contributed by atoms with Gasteiger partial charge in [-0.25, -0.2) is 0 Å². The molecule has 244 valence electrons. The molecule has 0 radical (unpaired) electrons. The van der Waals surface area contributed by atoms with Gasteiger partial charge in [0.1, 0.15) is 18.0 Å². The van der Waals surface area contributed by atoms with E-state index in [4.69, 9.17) is 14.2 Å². The van der Waals surface area contributed by atoms with E-state index in [2.05, 4.69) is 5.32 Å². The van der Waals surface area contributed by atoms with E-state index in [-0.39, 0.29) is 31.3 Å². The van der Waals surface area contributed by atoms with Crippen LogP contribution in [0.25, 0.3) is 0 Å². The molecule has 15 heteroatoms. The van der Waals surface area contributed by atoms with Crippen LogP contribution in [0.15, 0.2) is 6.07 Å². The fourth-order valence-corrected chi connectivity index (χ4v) is 7.55. The highest BCUT2D eigenvalue weighted by atomic mass is 19.4. The van der Waals surface area contributed by atoms with Gasteiger partial charge in [0.25, 0.3) is 0 Å². The van der Waals surface area contributed by atoms with E-state index < -0.39 is 54.4 Å². The number of likely N-dealkylation sites (N-methyl/N-ethyl adjacent to an activating group) is 1. The molecule has 2 aromatic rings. The number of halogens is 3. The zero-order valence-corrected chi connectivity index (χ0v) is 25.3. The number of methoxy groups -OCH3 is 1. The standard InChI is InChI=1S/C30H35F3N4O8/c1-11-6-14-7-17-28(41)37-16(21(36(17)4)19(14)23(39)24(11)43-5)8-15-20(26-25(44-10-45-26)12(2)22(15)38)18(37)9-34-27(40)13(3)35-29(42)30(31,32)33/h6,13,16-18,21,28,38-39,41H,7-10H2,1-5H3,(H,34,40)(H,35,42)/t13-,16?,17-,18-,21-,28-/m0/s1. The van der Waals surface area contributed by atoms with E-state index in [0.29, 0.717) is 45.9 Å². The molecule has 0 spiro atoms. The van der Waals surface area contributed by atoms with Crippen LogP contribution in [0.2, 0.25) is 0 Å². The number of aryl methyl sites for hydroxylation is 1. The average Bonchev–Trinajstić information content (AvgIpc) is 3.46. The van der Waals surface area contributed by atoms with Crippen molar-refractivity contribution in [2.45, 2.75) is 76.2 Å². The van der Waals surface area contributed by atoms with Crippen LogP contribution in [0, 0.1) is 13.8 Å². The molecule has 5 N–H and O–H groups in total. The largest absolute Gasteiger partial charge is 0.507 e. The summed E-state index contributed by atoms with van der Waals surface area (Å²) in [4.78, 5) is 28.2. The summed E-state index contributed by atoms with van der Waals surface area (Å²) in [6.45, 7) is 4.30. The summed E-state index contributed by atoms with van der Waals surface area (Å²) >= 11 is 0. The maximum absolute atomic E-state index is 13.0. The SMILES string of the molecule is COc1c(C)cc2c(c1O)[C@@H]1C3Cc4c(O)c(C)c5c(c4[C@H](CNC(=O)[C@H](C)NC(=O)C(F)(F)F)N3[C@@H](O)[C@H](C2)N1C)OCO5. The summed E-state index contributed by atoms with van der Waals surface area (Å²) in [6, 6.07) is -1.92. The maximum atomic E-state index is 13.0. The second kappa shape index (κ2) is 10.8. The second-order valence-electron chi connectivity index (χ2n) is 12.0. The first-order chi connectivity index (χ1) is 21.2. The van der Waals surface area contributed by atoms with Gasteiger partial charge in [-0.15, -0.1) is 0 Å². The molecule has 4 aliphatic rings. The van der Waals surface area contributed by atoms with Crippen LogP contribution in [0.3, 0.4) is 0 Å². The van der Waals surface area contributed by atoms with E-state index in [1.807, 2.05) is 29.8 Å². The molecule has 45 heavy (non-hydrogen) atoms. The van der Waals surface area contributed by atoms with Crippen molar-refractivity contribution >= 4 is 11.8 Å². The number of aliphatic hydroxyl groups is 1. The second-order valence-corrected chi connectivity index (χ2v) is 12.0. The third-order valence-electron chi connectivity index (χ3n) is 9.59. The van der Waals surface area contributed by atoms with E-state index in [9.17, 15) is 38.1 Å². The van der Waals surface area contributed by atoms with Gasteiger partial charge in [0, 0.05) is 34.8 Å². The number of phenolic OH excluding ortho intramolecular Hbond substituents is 2. The molecule has 0 aliphatic carbocycles. The first-order valence-corrected chi connectivity index (χ1v) is 14.5. The van der Waals surface area contributed by atoms with Crippen LogP contribution >= 0.6 is 0 Å². The highest BCUT2D eigenvalue weighted by Gasteiger charge is 2.56. The summed E-state index contributed by atoms with van der Waals surface area (Å²) in [5.74, 6) is -2.20. The van der Waals surface area contributed by atoms with Crippen LogP contribution < -0.4 is 24.8 Å². The van der Waals surface area contributed by atoms with E-state index in [0.717, 1.165) is 18.1 Å². The van der Waals surface area contributed by atoms with Crippen molar-refractivity contribution in [3.05, 3.63) is 39.4 Å². The number of aliphatic hydroxyl groups excluding tert-OH is 1. The molecule has 4 heterocycles. The van der Waals surface area contributed by atoms with Gasteiger partial charge in [0.15, 0.2) is 23.0 Å². The molecule has 2 amide bonds. The Morgan fingerprint density at radius 1 is 1.11 bits per heavy atom. The predicted octanol–water partition coefficient (Wildman–Crippen LogP) is 1.83. The topological polar surface area (TPSA) is 153 Å². The lowest BCUT2D eigenvalue weighted by Crippen LogP contribution is -2.69. The smallest absolute Gasteiger partial charge is 0.471 e. The molecule has 6 atom stereocenters. The maximum Gasteiger partial charge on any atom is 0.471 e. The summed E-state index contributed by atoms with van der Waals surface area (Å²) < 4.78 is 55.5. The number of rotatable bonds is 5. The number of phenols is 2. The van der Waals surface area contributed by atoms with Crippen molar-refractivity contribution in [2.75, 3.05) is 27.5 Å². The lowest BCUT2D eigenvalue weighted by atomic mass is 9.73. The fourth-order valence-electron chi connectivity index (χ4n) is 7.55. The number of amides is 2. The zero-order chi connectivity index (χ0) is 32.7. The Kier molecular flexibility index (Phi) is 7.48. The molecule has 12 nitrogen and oxygen atoms in total. The molecule has 2 bridgehead atoms. The number of carbonyl (C=O) groups excluding carboxylic acids is 2. The number of alkyl halides is 3. The quantitative estimate of drug-likeness (QED) is 0.329. The lowest BCUT2D eigenvalue weighted by Gasteiger charge is -2.60. The van der Waals surface area contributed by atoms with Gasteiger partial charge in [0.2, 0.25) is 12.7 Å². The Balaban J connectivity index is 1.45. The number of carbonyl (C=O) groups is 2. The third kappa shape index (κ3) is 4.70. The normalized spacial score (nSPS) is 25.9. The molecule has 4 aliphatic heterocycles. The molecule has 1 unspecified atom stereocenters. The molecular weight excluding hydrogens is 601 g/mol. The van der Waals surface area contributed by atoms with Crippen molar-refractivity contribution in [1.82, 2.24) is 20.4 Å². The Hall–Kier alpha value is -3.95. The highest BCUT2D eigenvalue weighted by Crippen LogP contribution is 2.57. The van der Waals surface area contributed by atoms with Crippen LogP contribution in [0.5, 0.6) is 28.7 Å². The molecule has 6 rings (SSSR count). The number of hydrogen-bond donors (Lipinski definition) is 5. The van der Waals surface area contributed by atoms with Crippen molar-refractivity contribution in [2.24, 2.45) is 0 Å². The van der Waals surface area contributed by atoms with E-state index in [1.165, 1.54) is 7.11 Å². The molecule has 1 fully saturated rings. The van der Waals surface area contributed by atoms with Crippen LogP contribution in [0.4, 0.5) is 13.2 Å². The third-order valence-corrected chi connectivity index (χ3v) is 9.59. The van der Waals surface area contributed by atoms with Crippen LogP contribution in [-0.2, 0) is 22.4 Å².